The van der Waals surface area contributed by atoms with Crippen molar-refractivity contribution in [2.45, 2.75) is 13.3 Å². The number of rotatable bonds is 6. The SMILES string of the molecule is CCO[Si](=O)OCCc1ccccc1. The lowest BCUT2D eigenvalue weighted by Gasteiger charge is -2.03. The summed E-state index contributed by atoms with van der Waals surface area (Å²) in [6.07, 6.45) is 0.768. The first kappa shape index (κ1) is 10.9. The molecule has 76 valence electrons. The molecule has 0 N–H and O–H groups in total. The molecule has 0 unspecified atom stereocenters. The second kappa shape index (κ2) is 6.31. The van der Waals surface area contributed by atoms with Crippen LogP contribution in [0.4, 0.5) is 0 Å². The predicted molar refractivity (Wildman–Crippen MR) is 54.2 cm³/mol. The summed E-state index contributed by atoms with van der Waals surface area (Å²) in [4.78, 5) is 0. The molecule has 1 aromatic carbocycles. The smallest absolute Gasteiger partial charge is 0.496 e. The van der Waals surface area contributed by atoms with Gasteiger partial charge in [0.05, 0.1) is 13.2 Å². The van der Waals surface area contributed by atoms with Gasteiger partial charge in [0.15, 0.2) is 0 Å². The second-order valence-electron chi connectivity index (χ2n) is 2.77. The lowest BCUT2D eigenvalue weighted by molar-refractivity contribution is 0.177. The Balaban J connectivity index is 2.19. The molecule has 1 aromatic rings. The zero-order chi connectivity index (χ0) is 10.2. The van der Waals surface area contributed by atoms with Crippen LogP contribution in [0, 0.1) is 0 Å². The normalized spacial score (nSPS) is 9.50. The quantitative estimate of drug-likeness (QED) is 0.670. The largest absolute Gasteiger partial charge is 0.767 e. The second-order valence-corrected chi connectivity index (χ2v) is 3.84. The van der Waals surface area contributed by atoms with Gasteiger partial charge in [0.25, 0.3) is 0 Å². The molecule has 0 spiro atoms. The van der Waals surface area contributed by atoms with Gasteiger partial charge in [-0.25, -0.2) is 0 Å². The lowest BCUT2D eigenvalue weighted by Crippen LogP contribution is -2.13. The van der Waals surface area contributed by atoms with Crippen LogP contribution in [0.15, 0.2) is 30.3 Å². The Labute approximate surface area is 85.6 Å². The Bertz CT molecular complexity index is 274. The summed E-state index contributed by atoms with van der Waals surface area (Å²) < 4.78 is 20.8. The van der Waals surface area contributed by atoms with Crippen molar-refractivity contribution in [3.05, 3.63) is 35.9 Å². The molecule has 1 rings (SSSR count). The van der Waals surface area contributed by atoms with Gasteiger partial charge >= 0.3 is 9.17 Å². The van der Waals surface area contributed by atoms with Crippen LogP contribution in [0.1, 0.15) is 12.5 Å². The highest BCUT2D eigenvalue weighted by Crippen LogP contribution is 1.99. The molecule has 0 amide bonds. The Morgan fingerprint density at radius 1 is 1.21 bits per heavy atom. The molecule has 0 radical (unpaired) electrons. The molecule has 0 aromatic heterocycles. The van der Waals surface area contributed by atoms with E-state index in [0.29, 0.717) is 13.2 Å². The fourth-order valence-corrected chi connectivity index (χ4v) is 1.64. The van der Waals surface area contributed by atoms with Crippen LogP contribution in [-0.4, -0.2) is 22.4 Å². The van der Waals surface area contributed by atoms with Gasteiger partial charge in [0.2, 0.25) is 0 Å². The van der Waals surface area contributed by atoms with E-state index in [4.69, 9.17) is 8.85 Å². The molecule has 0 bridgehead atoms. The molecule has 3 nitrogen and oxygen atoms in total. The average Bonchev–Trinajstić information content (AvgIpc) is 2.20. The van der Waals surface area contributed by atoms with Crippen molar-refractivity contribution in [1.82, 2.24) is 0 Å². The summed E-state index contributed by atoms with van der Waals surface area (Å²) in [6, 6.07) is 9.94. The van der Waals surface area contributed by atoms with E-state index in [1.807, 2.05) is 30.3 Å². The third-order valence-corrected chi connectivity index (χ3v) is 2.68. The highest BCUT2D eigenvalue weighted by molar-refractivity contribution is 6.26. The van der Waals surface area contributed by atoms with Crippen molar-refractivity contribution in [3.8, 4) is 0 Å². The number of hydrogen-bond donors (Lipinski definition) is 0. The highest BCUT2D eigenvalue weighted by atomic mass is 28.3. The van der Waals surface area contributed by atoms with Crippen LogP contribution in [0.2, 0.25) is 0 Å². The van der Waals surface area contributed by atoms with E-state index in [0.717, 1.165) is 6.42 Å². The van der Waals surface area contributed by atoms with E-state index >= 15 is 0 Å². The van der Waals surface area contributed by atoms with Crippen molar-refractivity contribution in [3.63, 3.8) is 0 Å². The first-order valence-corrected chi connectivity index (χ1v) is 5.89. The van der Waals surface area contributed by atoms with E-state index in [2.05, 4.69) is 0 Å². The molecule has 0 atom stereocenters. The Hall–Kier alpha value is -1.16. The lowest BCUT2D eigenvalue weighted by atomic mass is 10.2. The maximum absolute atomic E-state index is 11.0. The highest BCUT2D eigenvalue weighted by Gasteiger charge is 2.08. The molecule has 14 heavy (non-hydrogen) atoms. The van der Waals surface area contributed by atoms with Crippen LogP contribution >= 0.6 is 0 Å². The van der Waals surface area contributed by atoms with Gasteiger partial charge in [-0.3, -0.25) is 4.46 Å². The van der Waals surface area contributed by atoms with Gasteiger partial charge in [-0.15, -0.1) is 0 Å². The minimum atomic E-state index is -2.26. The van der Waals surface area contributed by atoms with Crippen LogP contribution < -0.4 is 0 Å². The molecule has 0 saturated carbocycles. The van der Waals surface area contributed by atoms with Crippen molar-refractivity contribution >= 4 is 9.17 Å². The summed E-state index contributed by atoms with van der Waals surface area (Å²) in [5.41, 5.74) is 1.18. The standard InChI is InChI=1S/C10H14O3Si/c1-2-12-14(11)13-9-8-10-6-4-3-5-7-10/h3-7H,2,8-9H2,1H3. The summed E-state index contributed by atoms with van der Waals surface area (Å²) in [7, 11) is -2.26. The van der Waals surface area contributed by atoms with Gasteiger partial charge in [0, 0.05) is 6.42 Å². The van der Waals surface area contributed by atoms with Gasteiger partial charge in [-0.05, 0) is 12.5 Å². The molecule has 0 heterocycles. The van der Waals surface area contributed by atoms with Gasteiger partial charge in [-0.1, -0.05) is 30.3 Å². The molecule has 0 fully saturated rings. The van der Waals surface area contributed by atoms with E-state index in [1.54, 1.807) is 6.92 Å². The van der Waals surface area contributed by atoms with Crippen LogP contribution in [0.5, 0.6) is 0 Å². The summed E-state index contributed by atoms with van der Waals surface area (Å²) in [6.45, 7) is 2.67. The number of benzene rings is 1. The summed E-state index contributed by atoms with van der Waals surface area (Å²) in [5, 5.41) is 0. The minimum absolute atomic E-state index is 0.434. The third-order valence-electron chi connectivity index (χ3n) is 1.72. The molecular weight excluding hydrogens is 196 g/mol. The van der Waals surface area contributed by atoms with E-state index in [1.165, 1.54) is 5.56 Å². The molecular formula is C10H14O3Si. The van der Waals surface area contributed by atoms with Crippen molar-refractivity contribution in [1.29, 1.82) is 0 Å². The maximum Gasteiger partial charge on any atom is 0.767 e. The fourth-order valence-electron chi connectivity index (χ4n) is 1.06. The topological polar surface area (TPSA) is 35.5 Å². The van der Waals surface area contributed by atoms with Crippen LogP contribution in [-0.2, 0) is 19.7 Å². The third kappa shape index (κ3) is 4.18. The Kier molecular flexibility index (Phi) is 4.92. The maximum atomic E-state index is 11.0. The van der Waals surface area contributed by atoms with Crippen LogP contribution in [0.3, 0.4) is 0 Å². The van der Waals surface area contributed by atoms with E-state index < -0.39 is 9.17 Å². The fraction of sp³-hybridized carbons (Fsp3) is 0.400. The van der Waals surface area contributed by atoms with Crippen LogP contribution in [0.25, 0.3) is 0 Å². The van der Waals surface area contributed by atoms with E-state index in [-0.39, 0.29) is 0 Å². The van der Waals surface area contributed by atoms with Crippen molar-refractivity contribution in [2.24, 2.45) is 0 Å². The summed E-state index contributed by atoms with van der Waals surface area (Å²) >= 11 is 0. The Morgan fingerprint density at radius 2 is 1.93 bits per heavy atom. The first-order valence-electron chi connectivity index (χ1n) is 4.66. The first-order chi connectivity index (χ1) is 6.83. The van der Waals surface area contributed by atoms with Gasteiger partial charge < -0.3 is 8.85 Å². The van der Waals surface area contributed by atoms with Gasteiger partial charge in [0.1, 0.15) is 0 Å². The zero-order valence-electron chi connectivity index (χ0n) is 8.23. The molecule has 0 aliphatic rings. The summed E-state index contributed by atoms with van der Waals surface area (Å²) in [5.74, 6) is 0. The zero-order valence-corrected chi connectivity index (χ0v) is 9.23. The van der Waals surface area contributed by atoms with Gasteiger partial charge in [-0.2, -0.15) is 0 Å². The monoisotopic (exact) mass is 210 g/mol. The van der Waals surface area contributed by atoms with Crippen molar-refractivity contribution < 1.29 is 13.3 Å². The minimum Gasteiger partial charge on any atom is -0.496 e. The Morgan fingerprint density at radius 3 is 2.57 bits per heavy atom. The predicted octanol–water partition coefficient (Wildman–Crippen LogP) is 1.70. The molecule has 4 heteroatoms. The van der Waals surface area contributed by atoms with E-state index in [9.17, 15) is 4.46 Å². The molecule has 0 aliphatic carbocycles. The molecule has 0 saturated heterocycles. The number of hydrogen-bond acceptors (Lipinski definition) is 3. The average molecular weight is 210 g/mol. The van der Waals surface area contributed by atoms with Crippen molar-refractivity contribution in [2.75, 3.05) is 13.2 Å². The molecule has 0 aliphatic heterocycles.